The van der Waals surface area contributed by atoms with Crippen LogP contribution in [0.25, 0.3) is 11.4 Å². The van der Waals surface area contributed by atoms with Crippen molar-refractivity contribution in [2.75, 3.05) is 19.7 Å². The molecule has 3 heterocycles. The third kappa shape index (κ3) is 4.02. The number of amides is 1. The fourth-order valence-electron chi connectivity index (χ4n) is 2.62. The highest BCUT2D eigenvalue weighted by atomic mass is 79.9. The van der Waals surface area contributed by atoms with Crippen molar-refractivity contribution < 1.29 is 9.53 Å². The normalized spacial score (nSPS) is 16.4. The van der Waals surface area contributed by atoms with Crippen LogP contribution in [0, 0.1) is 0 Å². The van der Waals surface area contributed by atoms with E-state index in [4.69, 9.17) is 10.5 Å². The number of aromatic nitrogens is 4. The molecule has 134 valence electrons. The van der Waals surface area contributed by atoms with Gasteiger partial charge in [0, 0.05) is 31.9 Å². The van der Waals surface area contributed by atoms with Gasteiger partial charge in [-0.25, -0.2) is 19.7 Å². The summed E-state index contributed by atoms with van der Waals surface area (Å²) in [5.41, 5.74) is 6.94. The van der Waals surface area contributed by atoms with Crippen molar-refractivity contribution in [1.82, 2.24) is 24.4 Å². The van der Waals surface area contributed by atoms with E-state index in [-0.39, 0.29) is 35.7 Å². The molecule has 0 saturated heterocycles. The average Bonchev–Trinajstić information content (AvgIpc) is 2.76. The molecular weight excluding hydrogens is 392 g/mol. The third-order valence-corrected chi connectivity index (χ3v) is 3.75. The van der Waals surface area contributed by atoms with E-state index in [1.54, 1.807) is 19.2 Å². The summed E-state index contributed by atoms with van der Waals surface area (Å²) in [6.45, 7) is 2.92. The smallest absolute Gasteiger partial charge is 0.409 e. The van der Waals surface area contributed by atoms with Gasteiger partial charge in [0.05, 0.1) is 24.0 Å². The zero-order chi connectivity index (χ0) is 17.1. The van der Waals surface area contributed by atoms with Gasteiger partial charge in [-0.2, -0.15) is 0 Å². The van der Waals surface area contributed by atoms with Gasteiger partial charge in [-0.05, 0) is 13.0 Å². The largest absolute Gasteiger partial charge is 0.450 e. The molecule has 2 aromatic heterocycles. The summed E-state index contributed by atoms with van der Waals surface area (Å²) in [4.78, 5) is 38.3. The Kier molecular flexibility index (Phi) is 6.21. The van der Waals surface area contributed by atoms with Crippen molar-refractivity contribution in [2.24, 2.45) is 5.73 Å². The lowest BCUT2D eigenvalue weighted by atomic mass is 10.2. The molecule has 3 rings (SSSR count). The lowest BCUT2D eigenvalue weighted by Crippen LogP contribution is -2.37. The number of hydrogen-bond acceptors (Lipinski definition) is 7. The highest BCUT2D eigenvalue weighted by Gasteiger charge is 2.26. The van der Waals surface area contributed by atoms with Gasteiger partial charge in [-0.1, -0.05) is 0 Å². The van der Waals surface area contributed by atoms with E-state index >= 15 is 0 Å². The second-order valence-corrected chi connectivity index (χ2v) is 5.34. The predicted molar refractivity (Wildman–Crippen MR) is 95.4 cm³/mol. The van der Waals surface area contributed by atoms with Gasteiger partial charge >= 0.3 is 6.09 Å². The molecule has 2 aromatic rings. The number of rotatable bonds is 2. The van der Waals surface area contributed by atoms with Crippen LogP contribution in [-0.2, 0) is 11.3 Å². The van der Waals surface area contributed by atoms with Crippen LogP contribution in [0.2, 0.25) is 0 Å². The topological polar surface area (TPSA) is 116 Å². The Labute approximate surface area is 154 Å². The highest BCUT2D eigenvalue weighted by molar-refractivity contribution is 8.93. The average molecular weight is 411 g/mol. The van der Waals surface area contributed by atoms with Crippen LogP contribution in [-0.4, -0.2) is 50.2 Å². The number of halogens is 1. The van der Waals surface area contributed by atoms with Crippen LogP contribution >= 0.6 is 17.0 Å². The standard InChI is InChI=1S/C15H18N6O3.BrH/c1-2-24-15(23)20-5-6-21-13(22)7-12(11-3-4-17-9-18-11)19-14(21)10(16)8-20;/h3-4,7,9-10H,2,5-6,8,16H2,1H3;1H. The number of carbonyl (C=O) groups is 1. The van der Waals surface area contributed by atoms with Gasteiger partial charge in [0.15, 0.2) is 0 Å². The zero-order valence-electron chi connectivity index (χ0n) is 13.7. The maximum Gasteiger partial charge on any atom is 0.409 e. The fourth-order valence-corrected chi connectivity index (χ4v) is 2.62. The Bertz CT molecular complexity index is 798. The highest BCUT2D eigenvalue weighted by Crippen LogP contribution is 2.18. The first kappa shape index (κ1) is 19.0. The lowest BCUT2D eigenvalue weighted by molar-refractivity contribution is 0.105. The van der Waals surface area contributed by atoms with Gasteiger partial charge in [-0.15, -0.1) is 17.0 Å². The minimum atomic E-state index is -0.591. The van der Waals surface area contributed by atoms with E-state index in [0.29, 0.717) is 30.3 Å². The molecule has 1 unspecified atom stereocenters. The first-order valence-electron chi connectivity index (χ1n) is 7.65. The van der Waals surface area contributed by atoms with E-state index < -0.39 is 12.1 Å². The molecule has 1 aliphatic rings. The van der Waals surface area contributed by atoms with Gasteiger partial charge < -0.3 is 15.4 Å². The first-order valence-corrected chi connectivity index (χ1v) is 7.65. The van der Waals surface area contributed by atoms with E-state index in [1.807, 2.05) is 0 Å². The van der Waals surface area contributed by atoms with Crippen LogP contribution in [0.5, 0.6) is 0 Å². The molecule has 0 spiro atoms. The van der Waals surface area contributed by atoms with Crippen LogP contribution in [0.1, 0.15) is 18.8 Å². The Morgan fingerprint density at radius 1 is 1.40 bits per heavy atom. The SMILES string of the molecule is Br.CCOC(=O)N1CCn2c(nc(-c3ccncn3)cc2=O)C(N)C1. The Morgan fingerprint density at radius 3 is 2.88 bits per heavy atom. The van der Waals surface area contributed by atoms with Gasteiger partial charge in [0.2, 0.25) is 0 Å². The summed E-state index contributed by atoms with van der Waals surface area (Å²) in [6.07, 6.45) is 2.53. The summed E-state index contributed by atoms with van der Waals surface area (Å²) in [7, 11) is 0. The molecule has 0 bridgehead atoms. The van der Waals surface area contributed by atoms with E-state index in [0.717, 1.165) is 0 Å². The van der Waals surface area contributed by atoms with Crippen molar-refractivity contribution >= 4 is 23.1 Å². The number of ether oxygens (including phenoxy) is 1. The number of carbonyl (C=O) groups excluding carboxylic acids is 1. The minimum absolute atomic E-state index is 0. The van der Waals surface area contributed by atoms with Crippen molar-refractivity contribution in [2.45, 2.75) is 19.5 Å². The molecule has 2 N–H and O–H groups in total. The van der Waals surface area contributed by atoms with Crippen LogP contribution < -0.4 is 11.3 Å². The predicted octanol–water partition coefficient (Wildman–Crippen LogP) is 0.750. The Morgan fingerprint density at radius 2 is 2.20 bits per heavy atom. The first-order chi connectivity index (χ1) is 11.6. The molecule has 0 aliphatic carbocycles. The quantitative estimate of drug-likeness (QED) is 0.775. The fraction of sp³-hybridized carbons (Fsp3) is 0.400. The summed E-state index contributed by atoms with van der Waals surface area (Å²) >= 11 is 0. The molecule has 25 heavy (non-hydrogen) atoms. The molecule has 0 radical (unpaired) electrons. The van der Waals surface area contributed by atoms with Crippen LogP contribution in [0.3, 0.4) is 0 Å². The summed E-state index contributed by atoms with van der Waals surface area (Å²) < 4.78 is 6.51. The summed E-state index contributed by atoms with van der Waals surface area (Å²) in [6, 6.07) is 2.50. The number of nitrogens with zero attached hydrogens (tertiary/aromatic N) is 5. The van der Waals surface area contributed by atoms with Gasteiger partial charge in [0.25, 0.3) is 5.56 Å². The van der Waals surface area contributed by atoms with E-state index in [1.165, 1.54) is 21.9 Å². The van der Waals surface area contributed by atoms with Gasteiger partial charge in [0.1, 0.15) is 12.2 Å². The molecule has 1 atom stereocenters. The van der Waals surface area contributed by atoms with Crippen molar-refractivity contribution in [3.8, 4) is 11.4 Å². The third-order valence-electron chi connectivity index (χ3n) is 3.75. The zero-order valence-corrected chi connectivity index (χ0v) is 15.4. The lowest BCUT2D eigenvalue weighted by Gasteiger charge is -2.20. The van der Waals surface area contributed by atoms with Crippen molar-refractivity contribution in [1.29, 1.82) is 0 Å². The van der Waals surface area contributed by atoms with E-state index in [2.05, 4.69) is 15.0 Å². The summed E-state index contributed by atoms with van der Waals surface area (Å²) in [5, 5.41) is 0. The number of fused-ring (bicyclic) bond motifs is 1. The molecule has 10 heteroatoms. The van der Waals surface area contributed by atoms with Gasteiger partial charge in [-0.3, -0.25) is 9.36 Å². The second kappa shape index (κ2) is 8.17. The molecular formula is C15H19BrN6O3. The second-order valence-electron chi connectivity index (χ2n) is 5.34. The summed E-state index contributed by atoms with van der Waals surface area (Å²) in [5.74, 6) is 0.433. The maximum absolute atomic E-state index is 12.4. The van der Waals surface area contributed by atoms with Crippen LogP contribution in [0.15, 0.2) is 29.5 Å². The molecule has 9 nitrogen and oxygen atoms in total. The van der Waals surface area contributed by atoms with Crippen molar-refractivity contribution in [3.63, 3.8) is 0 Å². The molecule has 0 aromatic carbocycles. The molecule has 1 aliphatic heterocycles. The Hall–Kier alpha value is -2.33. The van der Waals surface area contributed by atoms with Crippen LogP contribution in [0.4, 0.5) is 4.79 Å². The molecule has 0 fully saturated rings. The Balaban J connectivity index is 0.00000225. The molecule has 0 saturated carbocycles. The molecule has 1 amide bonds. The maximum atomic E-state index is 12.4. The van der Waals surface area contributed by atoms with E-state index in [9.17, 15) is 9.59 Å². The monoisotopic (exact) mass is 410 g/mol. The number of nitrogens with two attached hydrogens (primary N) is 1. The van der Waals surface area contributed by atoms with Crippen molar-refractivity contribution in [3.05, 3.63) is 40.8 Å². The number of hydrogen-bond donors (Lipinski definition) is 1. The minimum Gasteiger partial charge on any atom is -0.450 e.